The van der Waals surface area contributed by atoms with Crippen molar-refractivity contribution in [1.29, 1.82) is 0 Å². The van der Waals surface area contributed by atoms with Crippen molar-refractivity contribution in [2.75, 3.05) is 6.61 Å². The van der Waals surface area contributed by atoms with Crippen molar-refractivity contribution in [3.63, 3.8) is 0 Å². The van der Waals surface area contributed by atoms with Gasteiger partial charge in [-0.1, -0.05) is 24.6 Å². The molecule has 0 spiro atoms. The highest BCUT2D eigenvalue weighted by molar-refractivity contribution is 6.30. The minimum Gasteiger partial charge on any atom is -0.493 e. The fourth-order valence-corrected chi connectivity index (χ4v) is 3.58. The molecule has 0 saturated carbocycles. The Morgan fingerprint density at radius 1 is 1.00 bits per heavy atom. The lowest BCUT2D eigenvalue weighted by molar-refractivity contribution is -0.136. The van der Waals surface area contributed by atoms with Crippen LogP contribution in [0.15, 0.2) is 60.7 Å². The van der Waals surface area contributed by atoms with E-state index >= 15 is 0 Å². The maximum atomic E-state index is 13.2. The van der Waals surface area contributed by atoms with E-state index in [4.69, 9.17) is 30.9 Å². The van der Waals surface area contributed by atoms with Crippen molar-refractivity contribution >= 4 is 17.6 Å². The number of benzene rings is 3. The second-order valence-corrected chi connectivity index (χ2v) is 8.33. The summed E-state index contributed by atoms with van der Waals surface area (Å²) in [5.74, 6) is 1.04. The molecule has 180 valence electrons. The molecule has 3 aromatic rings. The maximum Gasteiger partial charge on any atom is 0.303 e. The van der Waals surface area contributed by atoms with Crippen LogP contribution in [0.3, 0.4) is 0 Å². The van der Waals surface area contributed by atoms with E-state index in [2.05, 4.69) is 0 Å². The molecule has 7 heteroatoms. The first kappa shape index (κ1) is 25.4. The summed E-state index contributed by atoms with van der Waals surface area (Å²) >= 11 is 6.12. The van der Waals surface area contributed by atoms with Crippen LogP contribution in [0.4, 0.5) is 4.39 Å². The second kappa shape index (κ2) is 12.3. The zero-order valence-corrected chi connectivity index (χ0v) is 20.0. The van der Waals surface area contributed by atoms with Crippen LogP contribution in [0.5, 0.6) is 23.0 Å². The van der Waals surface area contributed by atoms with Crippen molar-refractivity contribution in [3.8, 4) is 23.0 Å². The van der Waals surface area contributed by atoms with E-state index < -0.39 is 5.97 Å². The van der Waals surface area contributed by atoms with Crippen molar-refractivity contribution in [1.82, 2.24) is 0 Å². The van der Waals surface area contributed by atoms with Gasteiger partial charge in [-0.15, -0.1) is 0 Å². The molecule has 1 atom stereocenters. The molecule has 3 aromatic carbocycles. The molecule has 0 bridgehead atoms. The highest BCUT2D eigenvalue weighted by Crippen LogP contribution is 2.35. The smallest absolute Gasteiger partial charge is 0.303 e. The minimum atomic E-state index is -0.803. The van der Waals surface area contributed by atoms with Gasteiger partial charge < -0.3 is 19.3 Å². The highest BCUT2D eigenvalue weighted by Gasteiger charge is 2.13. The third-order valence-electron chi connectivity index (χ3n) is 5.24. The van der Waals surface area contributed by atoms with Gasteiger partial charge in [-0.2, -0.15) is 0 Å². The van der Waals surface area contributed by atoms with Gasteiger partial charge >= 0.3 is 5.97 Å². The van der Waals surface area contributed by atoms with Crippen LogP contribution in [0.1, 0.15) is 37.8 Å². The zero-order chi connectivity index (χ0) is 24.5. The van der Waals surface area contributed by atoms with Crippen LogP contribution in [0.25, 0.3) is 0 Å². The van der Waals surface area contributed by atoms with Gasteiger partial charge in [0.25, 0.3) is 0 Å². The number of aliphatic carboxylic acids is 1. The quantitative estimate of drug-likeness (QED) is 0.296. The van der Waals surface area contributed by atoms with Gasteiger partial charge in [0.1, 0.15) is 17.3 Å². The molecule has 0 unspecified atom stereocenters. The fraction of sp³-hybridized carbons (Fsp3) is 0.296. The van der Waals surface area contributed by atoms with Gasteiger partial charge in [-0.3, -0.25) is 4.79 Å². The Balaban J connectivity index is 1.56. The lowest BCUT2D eigenvalue weighted by Crippen LogP contribution is -2.16. The van der Waals surface area contributed by atoms with Crippen LogP contribution in [0, 0.1) is 5.82 Å². The number of carboxylic acid groups (broad SMARTS) is 1. The molecule has 0 heterocycles. The number of hydrogen-bond donors (Lipinski definition) is 1. The third-order valence-corrected chi connectivity index (χ3v) is 5.47. The van der Waals surface area contributed by atoms with E-state index in [1.54, 1.807) is 18.2 Å². The summed E-state index contributed by atoms with van der Waals surface area (Å²) in [5, 5.41) is 9.42. The first-order chi connectivity index (χ1) is 16.3. The maximum absolute atomic E-state index is 13.2. The standard InChI is InChI=1S/C27H28ClFO5/c1-3-19-16-24(9-4-20(19)5-13-27(30)31)32-15-14-18(2)33-25-12-6-21(28)17-26(25)34-23-10-7-22(29)8-11-23/h4,6-12,16-18H,3,5,13-15H2,1-2H3,(H,30,31)/t18-/m1/s1. The number of carboxylic acids is 1. The van der Waals surface area contributed by atoms with Crippen molar-refractivity contribution < 1.29 is 28.5 Å². The van der Waals surface area contributed by atoms with E-state index in [0.29, 0.717) is 41.7 Å². The predicted molar refractivity (Wildman–Crippen MR) is 130 cm³/mol. The molecule has 0 aliphatic carbocycles. The predicted octanol–water partition coefficient (Wildman–Crippen LogP) is 7.09. The number of ether oxygens (including phenoxy) is 3. The molecule has 0 aliphatic heterocycles. The molecule has 1 N–H and O–H groups in total. The number of hydrogen-bond acceptors (Lipinski definition) is 4. The van der Waals surface area contributed by atoms with Crippen LogP contribution in [-0.2, 0) is 17.6 Å². The van der Waals surface area contributed by atoms with Gasteiger partial charge in [0.2, 0.25) is 0 Å². The van der Waals surface area contributed by atoms with Gasteiger partial charge in [0.15, 0.2) is 11.5 Å². The Morgan fingerprint density at radius 2 is 1.74 bits per heavy atom. The molecule has 0 fully saturated rings. The van der Waals surface area contributed by atoms with Crippen LogP contribution >= 0.6 is 11.6 Å². The summed E-state index contributed by atoms with van der Waals surface area (Å²) in [6, 6.07) is 16.6. The Hall–Kier alpha value is -3.25. The van der Waals surface area contributed by atoms with E-state index in [0.717, 1.165) is 23.3 Å². The Bertz CT molecular complexity index is 1100. The van der Waals surface area contributed by atoms with Crippen LogP contribution in [0.2, 0.25) is 5.02 Å². The van der Waals surface area contributed by atoms with Crippen molar-refractivity contribution in [2.45, 2.75) is 45.6 Å². The fourth-order valence-electron chi connectivity index (χ4n) is 3.41. The van der Waals surface area contributed by atoms with Crippen molar-refractivity contribution in [3.05, 3.63) is 82.6 Å². The summed E-state index contributed by atoms with van der Waals surface area (Å²) in [4.78, 5) is 10.9. The highest BCUT2D eigenvalue weighted by atomic mass is 35.5. The molecule has 0 radical (unpaired) electrons. The Kier molecular flexibility index (Phi) is 9.16. The van der Waals surface area contributed by atoms with E-state index in [-0.39, 0.29) is 18.3 Å². The molecule has 5 nitrogen and oxygen atoms in total. The zero-order valence-electron chi connectivity index (χ0n) is 19.2. The Labute approximate surface area is 204 Å². The lowest BCUT2D eigenvalue weighted by atomic mass is 10.0. The molecular weight excluding hydrogens is 459 g/mol. The van der Waals surface area contributed by atoms with Gasteiger partial charge in [-0.25, -0.2) is 4.39 Å². The van der Waals surface area contributed by atoms with Crippen LogP contribution < -0.4 is 14.2 Å². The largest absolute Gasteiger partial charge is 0.493 e. The van der Waals surface area contributed by atoms with E-state index in [9.17, 15) is 9.18 Å². The number of aryl methyl sites for hydroxylation is 2. The normalized spacial score (nSPS) is 11.6. The molecule has 34 heavy (non-hydrogen) atoms. The van der Waals surface area contributed by atoms with Gasteiger partial charge in [0, 0.05) is 23.9 Å². The summed E-state index contributed by atoms with van der Waals surface area (Å²) in [7, 11) is 0. The topological polar surface area (TPSA) is 65.0 Å². The number of rotatable bonds is 12. The Morgan fingerprint density at radius 3 is 2.44 bits per heavy atom. The monoisotopic (exact) mass is 486 g/mol. The summed E-state index contributed by atoms with van der Waals surface area (Å²) < 4.78 is 31.0. The molecule has 0 aromatic heterocycles. The van der Waals surface area contributed by atoms with Crippen LogP contribution in [-0.4, -0.2) is 23.8 Å². The van der Waals surface area contributed by atoms with Crippen molar-refractivity contribution in [2.24, 2.45) is 0 Å². The summed E-state index contributed by atoms with van der Waals surface area (Å²) in [6.07, 6.45) is 1.88. The number of halogens is 2. The van der Waals surface area contributed by atoms with Gasteiger partial charge in [0.05, 0.1) is 12.7 Å². The lowest BCUT2D eigenvalue weighted by Gasteiger charge is -2.18. The summed E-state index contributed by atoms with van der Waals surface area (Å²) in [5.41, 5.74) is 2.12. The van der Waals surface area contributed by atoms with Gasteiger partial charge in [-0.05, 0) is 79.4 Å². The average molecular weight is 487 g/mol. The van der Waals surface area contributed by atoms with E-state index in [1.165, 1.54) is 24.3 Å². The third kappa shape index (κ3) is 7.66. The molecular formula is C27H28ClFO5. The second-order valence-electron chi connectivity index (χ2n) is 7.89. The first-order valence-corrected chi connectivity index (χ1v) is 11.6. The SMILES string of the molecule is CCc1cc(OCC[C@@H](C)Oc2ccc(Cl)cc2Oc2ccc(F)cc2)ccc1CCC(=O)O. The number of carbonyl (C=O) groups is 1. The first-order valence-electron chi connectivity index (χ1n) is 11.2. The van der Waals surface area contributed by atoms with E-state index in [1.807, 2.05) is 32.0 Å². The molecule has 0 aliphatic rings. The molecule has 0 amide bonds. The summed E-state index contributed by atoms with van der Waals surface area (Å²) in [6.45, 7) is 4.42. The average Bonchev–Trinajstić information content (AvgIpc) is 2.81. The minimum absolute atomic E-state index is 0.111. The molecule has 0 saturated heterocycles. The molecule has 3 rings (SSSR count).